The van der Waals surface area contributed by atoms with E-state index in [-0.39, 0.29) is 0 Å². The molecule has 0 bridgehead atoms. The van der Waals surface area contributed by atoms with Crippen molar-refractivity contribution < 1.29 is 4.74 Å². The Bertz CT molecular complexity index is 356. The van der Waals surface area contributed by atoms with Crippen molar-refractivity contribution in [3.05, 3.63) is 24.3 Å². The summed E-state index contributed by atoms with van der Waals surface area (Å²) in [5.74, 6) is 0.730. The summed E-state index contributed by atoms with van der Waals surface area (Å²) in [4.78, 5) is 1.35. The van der Waals surface area contributed by atoms with Gasteiger partial charge in [0.1, 0.15) is 5.75 Å². The second-order valence-electron chi connectivity index (χ2n) is 2.30. The molecule has 0 heterocycles. The molecule has 0 aliphatic heterocycles. The lowest BCUT2D eigenvalue weighted by Crippen LogP contribution is -2.06. The molecule has 0 unspecified atom stereocenters. The van der Waals surface area contributed by atoms with Crippen LogP contribution in [0.5, 0.6) is 5.75 Å². The Hall–Kier alpha value is -2.06. The van der Waals surface area contributed by atoms with Gasteiger partial charge >= 0.3 is 0 Å². The van der Waals surface area contributed by atoms with Crippen LogP contribution in [0.3, 0.4) is 0 Å². The average Bonchev–Trinajstić information content (AvgIpc) is 2.20. The van der Waals surface area contributed by atoms with Crippen molar-refractivity contribution in [2.75, 3.05) is 12.0 Å². The number of terminal acetylenes is 2. The number of benzene rings is 1. The van der Waals surface area contributed by atoms with E-state index in [0.29, 0.717) is 0 Å². The third-order valence-electron chi connectivity index (χ3n) is 1.57. The van der Waals surface area contributed by atoms with Crippen molar-refractivity contribution in [3.8, 4) is 30.7 Å². The highest BCUT2D eigenvalue weighted by Gasteiger charge is 2.00. The molecule has 0 aromatic heterocycles. The lowest BCUT2D eigenvalue weighted by molar-refractivity contribution is 0.415. The summed E-state index contributed by atoms with van der Waals surface area (Å²) >= 11 is 0. The quantitative estimate of drug-likeness (QED) is 0.496. The predicted octanol–water partition coefficient (Wildman–Crippen LogP) is 1.68. The van der Waals surface area contributed by atoms with Gasteiger partial charge in [-0.2, -0.15) is 0 Å². The van der Waals surface area contributed by atoms with Gasteiger partial charge in [0.05, 0.1) is 12.8 Å². The van der Waals surface area contributed by atoms with Crippen molar-refractivity contribution >= 4 is 5.69 Å². The van der Waals surface area contributed by atoms with E-state index in [4.69, 9.17) is 17.6 Å². The number of hydrogen-bond donors (Lipinski definition) is 0. The molecule has 0 N–H and O–H groups in total. The summed E-state index contributed by atoms with van der Waals surface area (Å²) in [5, 5.41) is 0. The van der Waals surface area contributed by atoms with Gasteiger partial charge in [-0.1, -0.05) is 18.9 Å². The number of nitrogens with zero attached hydrogens (tertiary/aromatic N) is 1. The largest absolute Gasteiger partial charge is 0.497 e. The monoisotopic (exact) mass is 171 g/mol. The minimum atomic E-state index is 0.730. The minimum absolute atomic E-state index is 0.730. The molecule has 13 heavy (non-hydrogen) atoms. The van der Waals surface area contributed by atoms with Crippen molar-refractivity contribution in [1.82, 2.24) is 0 Å². The first-order valence-electron chi connectivity index (χ1n) is 3.68. The fraction of sp³-hybridized carbons (Fsp3) is 0.0909. The van der Waals surface area contributed by atoms with Gasteiger partial charge in [0, 0.05) is 18.2 Å². The van der Waals surface area contributed by atoms with Gasteiger partial charge in [-0.05, 0) is 12.1 Å². The summed E-state index contributed by atoms with van der Waals surface area (Å²) in [5.41, 5.74) is 0.754. The second-order valence-corrected chi connectivity index (χ2v) is 2.30. The van der Waals surface area contributed by atoms with Crippen LogP contribution in [0.2, 0.25) is 0 Å². The smallest absolute Gasteiger partial charge is 0.121 e. The number of methoxy groups -OCH3 is 1. The maximum absolute atomic E-state index is 5.20. The number of rotatable bonds is 2. The minimum Gasteiger partial charge on any atom is -0.497 e. The maximum Gasteiger partial charge on any atom is 0.121 e. The molecule has 1 aromatic rings. The van der Waals surface area contributed by atoms with Crippen LogP contribution in [-0.4, -0.2) is 7.11 Å². The Morgan fingerprint density at radius 1 is 1.31 bits per heavy atom. The number of ether oxygens (including phenoxy) is 1. The summed E-state index contributed by atoms with van der Waals surface area (Å²) in [6.07, 6.45) is 10.4. The molecule has 0 atom stereocenters. The first-order chi connectivity index (χ1) is 6.31. The van der Waals surface area contributed by atoms with E-state index in [9.17, 15) is 0 Å². The van der Waals surface area contributed by atoms with E-state index in [0.717, 1.165) is 11.4 Å². The fourth-order valence-corrected chi connectivity index (χ4v) is 0.936. The van der Waals surface area contributed by atoms with E-state index in [1.807, 2.05) is 18.2 Å². The molecule has 0 saturated heterocycles. The van der Waals surface area contributed by atoms with Gasteiger partial charge in [0.25, 0.3) is 0 Å². The summed E-state index contributed by atoms with van der Waals surface area (Å²) in [6, 6.07) is 12.0. The van der Waals surface area contributed by atoms with E-state index < -0.39 is 0 Å². The van der Waals surface area contributed by atoms with Gasteiger partial charge in [0.2, 0.25) is 0 Å². The van der Waals surface area contributed by atoms with Gasteiger partial charge in [-0.25, -0.2) is 4.90 Å². The average molecular weight is 171 g/mol. The van der Waals surface area contributed by atoms with Crippen molar-refractivity contribution in [3.63, 3.8) is 0 Å². The van der Waals surface area contributed by atoms with Crippen molar-refractivity contribution in [2.24, 2.45) is 0 Å². The van der Waals surface area contributed by atoms with E-state index in [1.165, 1.54) is 4.90 Å². The van der Waals surface area contributed by atoms with Gasteiger partial charge in [0.15, 0.2) is 0 Å². The molecule has 1 aromatic carbocycles. The summed E-state index contributed by atoms with van der Waals surface area (Å²) < 4.78 is 5.03. The molecule has 64 valence electrons. The molecule has 0 amide bonds. The first-order valence-corrected chi connectivity index (χ1v) is 3.68. The lowest BCUT2D eigenvalue weighted by atomic mass is 10.3. The van der Waals surface area contributed by atoms with Crippen molar-refractivity contribution in [2.45, 2.75) is 0 Å². The van der Waals surface area contributed by atoms with Gasteiger partial charge in [-0.3, -0.25) is 0 Å². The maximum atomic E-state index is 5.20. The molecule has 0 aliphatic carbocycles. The molecule has 2 nitrogen and oxygen atoms in total. The van der Waals surface area contributed by atoms with Crippen LogP contribution < -0.4 is 9.64 Å². The zero-order chi connectivity index (χ0) is 9.68. The molecule has 0 fully saturated rings. The van der Waals surface area contributed by atoms with Gasteiger partial charge in [-0.15, -0.1) is 0 Å². The summed E-state index contributed by atoms with van der Waals surface area (Å²) in [7, 11) is 1.59. The molecule has 0 radical (unpaired) electrons. The lowest BCUT2D eigenvalue weighted by Gasteiger charge is -2.09. The Balaban J connectivity index is 3.03. The topological polar surface area (TPSA) is 12.5 Å². The Morgan fingerprint density at radius 2 is 2.00 bits per heavy atom. The fourth-order valence-electron chi connectivity index (χ4n) is 0.936. The second kappa shape index (κ2) is 4.09. The Kier molecular flexibility index (Phi) is 2.84. The van der Waals surface area contributed by atoms with Crippen LogP contribution in [0.25, 0.3) is 0 Å². The molecule has 0 saturated carbocycles. The van der Waals surface area contributed by atoms with Crippen LogP contribution >= 0.6 is 0 Å². The zero-order valence-electron chi connectivity index (χ0n) is 7.32. The molecule has 2 heteroatoms. The third-order valence-corrected chi connectivity index (χ3v) is 1.57. The molecule has 1 rings (SSSR count). The number of hydrogen-bond acceptors (Lipinski definition) is 2. The van der Waals surface area contributed by atoms with E-state index >= 15 is 0 Å². The van der Waals surface area contributed by atoms with Crippen LogP contribution in [0.4, 0.5) is 5.69 Å². The third kappa shape index (κ3) is 1.95. The zero-order valence-corrected chi connectivity index (χ0v) is 7.32. The van der Waals surface area contributed by atoms with Crippen LogP contribution in [0.15, 0.2) is 24.3 Å². The highest BCUT2D eigenvalue weighted by atomic mass is 16.5. The van der Waals surface area contributed by atoms with E-state index in [2.05, 4.69) is 12.1 Å². The van der Waals surface area contributed by atoms with Crippen LogP contribution in [0, 0.1) is 24.9 Å². The summed E-state index contributed by atoms with van der Waals surface area (Å²) in [6.45, 7) is 0. The Morgan fingerprint density at radius 3 is 2.54 bits per heavy atom. The molecular weight excluding hydrogens is 162 g/mol. The molecule has 0 aliphatic rings. The molecular formula is C11H9NO. The normalized spacial score (nSPS) is 8.23. The molecule has 0 spiro atoms. The van der Waals surface area contributed by atoms with E-state index in [1.54, 1.807) is 13.2 Å². The number of anilines is 1. The predicted molar refractivity (Wildman–Crippen MR) is 53.1 cm³/mol. The van der Waals surface area contributed by atoms with Crippen LogP contribution in [-0.2, 0) is 0 Å². The highest BCUT2D eigenvalue weighted by Crippen LogP contribution is 2.19. The SMILES string of the molecule is C#CN(C#C)c1cccc(OC)c1. The van der Waals surface area contributed by atoms with Crippen molar-refractivity contribution in [1.29, 1.82) is 0 Å². The first kappa shape index (κ1) is 9.03. The Labute approximate surface area is 78.1 Å². The standard InChI is InChI=1S/C11H9NO/c1-4-12(5-2)10-7-6-8-11(9-10)13-3/h1-2,6-9H,3H3. The highest BCUT2D eigenvalue weighted by molar-refractivity contribution is 5.58. The van der Waals surface area contributed by atoms with Gasteiger partial charge < -0.3 is 4.74 Å². The van der Waals surface area contributed by atoms with Crippen LogP contribution in [0.1, 0.15) is 0 Å².